The molecule has 0 radical (unpaired) electrons. The van der Waals surface area contributed by atoms with Gasteiger partial charge in [0.1, 0.15) is 24.2 Å². The molecule has 0 saturated heterocycles. The summed E-state index contributed by atoms with van der Waals surface area (Å²) in [7, 11) is 0. The lowest BCUT2D eigenvalue weighted by molar-refractivity contribution is -0.137. The van der Waals surface area contributed by atoms with Gasteiger partial charge in [-0.2, -0.15) is 0 Å². The number of carboxylic acids is 1. The molecular formula is C25H25NO5. The highest BCUT2D eigenvalue weighted by atomic mass is 16.5. The van der Waals surface area contributed by atoms with Gasteiger partial charge in [0.05, 0.1) is 6.21 Å². The summed E-state index contributed by atoms with van der Waals surface area (Å²) in [6.45, 7) is 2.36. The van der Waals surface area contributed by atoms with E-state index >= 15 is 0 Å². The summed E-state index contributed by atoms with van der Waals surface area (Å²) in [5, 5.41) is 21.3. The van der Waals surface area contributed by atoms with Gasteiger partial charge in [-0.3, -0.25) is 4.79 Å². The number of aliphatic carboxylic acids is 1. The Kier molecular flexibility index (Phi) is 7.65. The van der Waals surface area contributed by atoms with Crippen LogP contribution in [0.2, 0.25) is 0 Å². The molecule has 0 bridgehead atoms. The Morgan fingerprint density at radius 2 is 1.81 bits per heavy atom. The normalized spacial score (nSPS) is 11.9. The van der Waals surface area contributed by atoms with Crippen molar-refractivity contribution in [3.63, 3.8) is 0 Å². The predicted octanol–water partition coefficient (Wildman–Crippen LogP) is 5.37. The summed E-state index contributed by atoms with van der Waals surface area (Å²) in [6, 6.07) is 22.7. The number of ether oxygens (including phenoxy) is 2. The molecule has 3 aromatic rings. The molecule has 0 spiro atoms. The van der Waals surface area contributed by atoms with Crippen molar-refractivity contribution in [2.75, 3.05) is 0 Å². The van der Waals surface area contributed by atoms with Crippen LogP contribution in [0.3, 0.4) is 0 Å². The van der Waals surface area contributed by atoms with Crippen LogP contribution in [-0.4, -0.2) is 22.5 Å². The maximum Gasteiger partial charge on any atom is 0.303 e. The molecule has 0 heterocycles. The second-order valence-corrected chi connectivity index (χ2v) is 7.11. The van der Waals surface area contributed by atoms with E-state index in [1.165, 1.54) is 6.21 Å². The third-order valence-electron chi connectivity index (χ3n) is 4.86. The lowest BCUT2D eigenvalue weighted by atomic mass is 9.99. The summed E-state index contributed by atoms with van der Waals surface area (Å²) in [5.41, 5.74) is 3.51. The third-order valence-corrected chi connectivity index (χ3v) is 4.86. The number of carboxylic acid groups (broad SMARTS) is 1. The average Bonchev–Trinajstić information content (AvgIpc) is 2.78. The molecule has 31 heavy (non-hydrogen) atoms. The highest BCUT2D eigenvalue weighted by molar-refractivity contribution is 5.83. The summed E-state index contributed by atoms with van der Waals surface area (Å²) >= 11 is 0. The highest BCUT2D eigenvalue weighted by Gasteiger charge is 2.19. The van der Waals surface area contributed by atoms with Crippen LogP contribution >= 0.6 is 0 Å². The smallest absolute Gasteiger partial charge is 0.303 e. The summed E-state index contributed by atoms with van der Waals surface area (Å²) in [5.74, 6) is 0.150. The fourth-order valence-electron chi connectivity index (χ4n) is 3.25. The minimum Gasteiger partial charge on any atom is -0.489 e. The van der Waals surface area contributed by atoms with Gasteiger partial charge < -0.3 is 19.8 Å². The molecule has 0 amide bonds. The number of carbonyl (C=O) groups is 1. The topological polar surface area (TPSA) is 88.4 Å². The second-order valence-electron chi connectivity index (χ2n) is 7.11. The van der Waals surface area contributed by atoms with E-state index in [9.17, 15) is 9.90 Å². The van der Waals surface area contributed by atoms with Crippen LogP contribution in [0.25, 0.3) is 0 Å². The fourth-order valence-corrected chi connectivity index (χ4v) is 3.25. The molecular weight excluding hydrogens is 394 g/mol. The van der Waals surface area contributed by atoms with E-state index in [2.05, 4.69) is 5.16 Å². The van der Waals surface area contributed by atoms with Crippen LogP contribution in [0.4, 0.5) is 0 Å². The van der Waals surface area contributed by atoms with Gasteiger partial charge in [-0.15, -0.1) is 0 Å². The van der Waals surface area contributed by atoms with Gasteiger partial charge in [-0.05, 0) is 42.2 Å². The Morgan fingerprint density at radius 1 is 1.06 bits per heavy atom. The van der Waals surface area contributed by atoms with E-state index in [4.69, 9.17) is 14.7 Å². The Labute approximate surface area is 181 Å². The predicted molar refractivity (Wildman–Crippen MR) is 118 cm³/mol. The number of oxime groups is 1. The zero-order valence-corrected chi connectivity index (χ0v) is 17.3. The first-order valence-corrected chi connectivity index (χ1v) is 9.99. The lowest BCUT2D eigenvalue weighted by Crippen LogP contribution is -2.12. The number of aryl methyl sites for hydroxylation is 1. The first-order chi connectivity index (χ1) is 15.1. The Hall–Kier alpha value is -3.80. The molecule has 6 nitrogen and oxygen atoms in total. The maximum absolute atomic E-state index is 11.2. The van der Waals surface area contributed by atoms with E-state index in [0.717, 1.165) is 16.7 Å². The number of hydrogen-bond donors (Lipinski definition) is 2. The first-order valence-electron chi connectivity index (χ1n) is 9.99. The van der Waals surface area contributed by atoms with Crippen molar-refractivity contribution < 1.29 is 24.6 Å². The van der Waals surface area contributed by atoms with Crippen molar-refractivity contribution in [1.82, 2.24) is 0 Å². The van der Waals surface area contributed by atoms with Gasteiger partial charge in [0.25, 0.3) is 0 Å². The van der Waals surface area contributed by atoms with Crippen LogP contribution in [0.1, 0.15) is 41.2 Å². The molecule has 3 aromatic carbocycles. The van der Waals surface area contributed by atoms with Crippen LogP contribution in [-0.2, 0) is 11.4 Å². The highest BCUT2D eigenvalue weighted by Crippen LogP contribution is 2.32. The van der Waals surface area contributed by atoms with Crippen LogP contribution in [0.15, 0.2) is 78.0 Å². The van der Waals surface area contributed by atoms with Crippen molar-refractivity contribution in [2.24, 2.45) is 5.16 Å². The Morgan fingerprint density at radius 3 is 2.52 bits per heavy atom. The minimum absolute atomic E-state index is 0.0351. The quantitative estimate of drug-likeness (QED) is 0.262. The molecule has 0 fully saturated rings. The molecule has 0 aliphatic rings. The monoisotopic (exact) mass is 419 g/mol. The van der Waals surface area contributed by atoms with Crippen LogP contribution in [0, 0.1) is 6.92 Å². The van der Waals surface area contributed by atoms with Gasteiger partial charge in [-0.25, -0.2) is 0 Å². The molecule has 0 aliphatic carbocycles. The van der Waals surface area contributed by atoms with E-state index in [1.807, 2.05) is 61.5 Å². The number of benzene rings is 3. The van der Waals surface area contributed by atoms with Gasteiger partial charge in [-0.1, -0.05) is 59.8 Å². The molecule has 160 valence electrons. The fraction of sp³-hybridized carbons (Fsp3) is 0.200. The number of nitrogens with zero attached hydrogens (tertiary/aromatic N) is 1. The summed E-state index contributed by atoms with van der Waals surface area (Å²) in [4.78, 5) is 11.2. The molecule has 0 aliphatic heterocycles. The van der Waals surface area contributed by atoms with E-state index in [1.54, 1.807) is 18.2 Å². The van der Waals surface area contributed by atoms with Crippen LogP contribution < -0.4 is 9.47 Å². The first kappa shape index (κ1) is 21.9. The molecule has 0 aromatic heterocycles. The van der Waals surface area contributed by atoms with Crippen molar-refractivity contribution in [3.05, 3.63) is 95.1 Å². The minimum atomic E-state index is -0.890. The molecule has 1 atom stereocenters. The molecule has 3 rings (SSSR count). The summed E-state index contributed by atoms with van der Waals surface area (Å²) < 4.78 is 12.2. The zero-order chi connectivity index (χ0) is 22.1. The average molecular weight is 419 g/mol. The maximum atomic E-state index is 11.2. The molecule has 1 unspecified atom stereocenters. The van der Waals surface area contributed by atoms with Crippen molar-refractivity contribution in [2.45, 2.75) is 32.5 Å². The van der Waals surface area contributed by atoms with Gasteiger partial charge in [0.15, 0.2) is 0 Å². The zero-order valence-electron chi connectivity index (χ0n) is 17.3. The van der Waals surface area contributed by atoms with Gasteiger partial charge >= 0.3 is 5.97 Å². The largest absolute Gasteiger partial charge is 0.489 e. The molecule has 6 heteroatoms. The van der Waals surface area contributed by atoms with Crippen molar-refractivity contribution >= 4 is 12.2 Å². The Balaban J connectivity index is 1.87. The Bertz CT molecular complexity index is 1030. The van der Waals surface area contributed by atoms with Crippen LogP contribution in [0.5, 0.6) is 11.5 Å². The van der Waals surface area contributed by atoms with Gasteiger partial charge in [0.2, 0.25) is 0 Å². The van der Waals surface area contributed by atoms with Crippen molar-refractivity contribution in [3.8, 4) is 11.5 Å². The SMILES string of the molecule is Cc1ccccc1C(CCC(=O)O)Oc1cc(OCc2ccccc2)ccc1C=NO. The lowest BCUT2D eigenvalue weighted by Gasteiger charge is -2.22. The van der Waals surface area contributed by atoms with Gasteiger partial charge in [0, 0.05) is 18.1 Å². The standard InChI is InChI=1S/C25H25NO5/c1-18-7-5-6-10-22(18)23(13-14-25(27)28)31-24-15-21(12-11-20(24)16-26-29)30-17-19-8-3-2-4-9-19/h2-12,15-16,23,29H,13-14,17H2,1H3,(H,27,28). The van der Waals surface area contributed by atoms with Crippen molar-refractivity contribution in [1.29, 1.82) is 0 Å². The molecule has 2 N–H and O–H groups in total. The van der Waals surface area contributed by atoms with E-state index < -0.39 is 12.1 Å². The third kappa shape index (κ3) is 6.34. The summed E-state index contributed by atoms with van der Waals surface area (Å²) in [6.07, 6.45) is 1.06. The van der Waals surface area contributed by atoms with E-state index in [-0.39, 0.29) is 6.42 Å². The molecule has 0 saturated carbocycles. The second kappa shape index (κ2) is 10.8. The van der Waals surface area contributed by atoms with E-state index in [0.29, 0.717) is 30.1 Å². The number of rotatable bonds is 10. The number of hydrogen-bond acceptors (Lipinski definition) is 5.